The number of nitrogens with one attached hydrogen (secondary N) is 1. The van der Waals surface area contributed by atoms with Gasteiger partial charge in [0.05, 0.1) is 12.0 Å². The molecular formula is C17H19ClN2O3S. The number of amides is 2. The van der Waals surface area contributed by atoms with Gasteiger partial charge in [-0.15, -0.1) is 11.3 Å². The Bertz CT molecular complexity index is 704. The number of halogens is 1. The van der Waals surface area contributed by atoms with Gasteiger partial charge in [0.1, 0.15) is 5.75 Å². The van der Waals surface area contributed by atoms with Crippen LogP contribution in [0, 0.1) is 0 Å². The van der Waals surface area contributed by atoms with Gasteiger partial charge in [-0.3, -0.25) is 9.59 Å². The Hall–Kier alpha value is -2.05. The molecule has 0 saturated heterocycles. The van der Waals surface area contributed by atoms with E-state index in [1.54, 1.807) is 43.3 Å². The van der Waals surface area contributed by atoms with Crippen molar-refractivity contribution in [2.45, 2.75) is 13.0 Å². The number of benzene rings is 1. The van der Waals surface area contributed by atoms with Gasteiger partial charge in [-0.25, -0.2) is 0 Å². The van der Waals surface area contributed by atoms with Crippen molar-refractivity contribution in [2.24, 2.45) is 0 Å². The van der Waals surface area contributed by atoms with Crippen molar-refractivity contribution in [1.82, 2.24) is 10.2 Å². The third-order valence-corrected chi connectivity index (χ3v) is 4.55. The zero-order chi connectivity index (χ0) is 17.5. The van der Waals surface area contributed by atoms with Gasteiger partial charge >= 0.3 is 0 Å². The first kappa shape index (κ1) is 18.3. The van der Waals surface area contributed by atoms with E-state index in [4.69, 9.17) is 16.3 Å². The van der Waals surface area contributed by atoms with Crippen molar-refractivity contribution >= 4 is 34.8 Å². The smallest absolute Gasteiger partial charge is 0.261 e. The van der Waals surface area contributed by atoms with E-state index in [-0.39, 0.29) is 18.2 Å². The van der Waals surface area contributed by atoms with Gasteiger partial charge in [0.25, 0.3) is 5.91 Å². The molecule has 0 spiro atoms. The molecular weight excluding hydrogens is 348 g/mol. The summed E-state index contributed by atoms with van der Waals surface area (Å²) in [5.74, 6) is 0.463. The minimum atomic E-state index is -0.156. The maximum atomic E-state index is 12.2. The monoisotopic (exact) mass is 366 g/mol. The van der Waals surface area contributed by atoms with Crippen LogP contribution in [0.15, 0.2) is 35.7 Å². The summed E-state index contributed by atoms with van der Waals surface area (Å²) in [7, 11) is 3.29. The normalized spacial score (nSPS) is 10.3. The Labute approximate surface area is 150 Å². The highest BCUT2D eigenvalue weighted by atomic mass is 35.5. The van der Waals surface area contributed by atoms with Crippen LogP contribution in [0.5, 0.6) is 5.75 Å². The second-order valence-electron chi connectivity index (χ2n) is 5.19. The van der Waals surface area contributed by atoms with Crippen molar-refractivity contribution < 1.29 is 14.3 Å². The molecule has 1 aromatic heterocycles. The number of methoxy groups -OCH3 is 1. The lowest BCUT2D eigenvalue weighted by atomic mass is 10.2. The van der Waals surface area contributed by atoms with Crippen LogP contribution >= 0.6 is 22.9 Å². The Balaban J connectivity index is 1.84. The number of hydrogen-bond acceptors (Lipinski definition) is 4. The van der Waals surface area contributed by atoms with Crippen molar-refractivity contribution in [1.29, 1.82) is 0 Å². The summed E-state index contributed by atoms with van der Waals surface area (Å²) in [5, 5.41) is 5.18. The minimum absolute atomic E-state index is 0.0662. The summed E-state index contributed by atoms with van der Waals surface area (Å²) < 4.78 is 5.28. The number of rotatable bonds is 7. The molecule has 2 rings (SSSR count). The Kier molecular flexibility index (Phi) is 6.63. The molecule has 0 atom stereocenters. The Morgan fingerprint density at radius 2 is 2.12 bits per heavy atom. The van der Waals surface area contributed by atoms with E-state index in [1.807, 2.05) is 11.4 Å². The van der Waals surface area contributed by atoms with Crippen LogP contribution in [0.3, 0.4) is 0 Å². The third kappa shape index (κ3) is 4.97. The fourth-order valence-corrected chi connectivity index (χ4v) is 3.02. The largest absolute Gasteiger partial charge is 0.496 e. The molecule has 0 bridgehead atoms. The highest BCUT2D eigenvalue weighted by molar-refractivity contribution is 7.12. The average Bonchev–Trinajstić information content (AvgIpc) is 3.09. The summed E-state index contributed by atoms with van der Waals surface area (Å²) in [6.45, 7) is 0.689. The van der Waals surface area contributed by atoms with Crippen LogP contribution in [0.4, 0.5) is 0 Å². The average molecular weight is 367 g/mol. The van der Waals surface area contributed by atoms with Crippen molar-refractivity contribution in [3.8, 4) is 5.75 Å². The molecule has 1 N–H and O–H groups in total. The number of hydrogen-bond donors (Lipinski definition) is 1. The Morgan fingerprint density at radius 3 is 2.79 bits per heavy atom. The van der Waals surface area contributed by atoms with Gasteiger partial charge in [0.2, 0.25) is 5.91 Å². The fraction of sp³-hybridized carbons (Fsp3) is 0.294. The predicted molar refractivity (Wildman–Crippen MR) is 95.7 cm³/mol. The number of carbonyl (C=O) groups is 2. The highest BCUT2D eigenvalue weighted by Crippen LogP contribution is 2.23. The standard InChI is InChI=1S/C17H19ClN2O3S/c1-20(11-12-10-13(18)5-6-14(12)23-2)16(21)7-8-19-17(22)15-4-3-9-24-15/h3-6,9-10H,7-8,11H2,1-2H3,(H,19,22). The third-order valence-electron chi connectivity index (χ3n) is 3.45. The second kappa shape index (κ2) is 8.70. The van der Waals surface area contributed by atoms with Gasteiger partial charge in [-0.1, -0.05) is 17.7 Å². The maximum Gasteiger partial charge on any atom is 0.261 e. The zero-order valence-electron chi connectivity index (χ0n) is 13.5. The van der Waals surface area contributed by atoms with Crippen LogP contribution in [0.25, 0.3) is 0 Å². The molecule has 0 unspecified atom stereocenters. The molecule has 0 aliphatic rings. The lowest BCUT2D eigenvalue weighted by molar-refractivity contribution is -0.130. The highest BCUT2D eigenvalue weighted by Gasteiger charge is 2.13. The van der Waals surface area contributed by atoms with E-state index >= 15 is 0 Å². The number of thiophene rings is 1. The number of ether oxygens (including phenoxy) is 1. The van der Waals surface area contributed by atoms with E-state index in [2.05, 4.69) is 5.32 Å². The molecule has 128 valence electrons. The first-order valence-electron chi connectivity index (χ1n) is 7.39. The minimum Gasteiger partial charge on any atom is -0.496 e. The van der Waals surface area contributed by atoms with Crippen LogP contribution in [0.1, 0.15) is 21.7 Å². The molecule has 0 fully saturated rings. The maximum absolute atomic E-state index is 12.2. The second-order valence-corrected chi connectivity index (χ2v) is 6.57. The summed E-state index contributed by atoms with van der Waals surface area (Å²) in [4.78, 5) is 26.2. The quantitative estimate of drug-likeness (QED) is 0.818. The zero-order valence-corrected chi connectivity index (χ0v) is 15.1. The van der Waals surface area contributed by atoms with E-state index in [0.717, 1.165) is 5.56 Å². The molecule has 0 aliphatic heterocycles. The van der Waals surface area contributed by atoms with E-state index in [1.165, 1.54) is 11.3 Å². The first-order chi connectivity index (χ1) is 11.5. The van der Waals surface area contributed by atoms with Crippen molar-refractivity contribution in [2.75, 3.05) is 20.7 Å². The summed E-state index contributed by atoms with van der Waals surface area (Å²) in [6, 6.07) is 8.86. The Morgan fingerprint density at radius 1 is 1.33 bits per heavy atom. The molecule has 7 heteroatoms. The van der Waals surface area contributed by atoms with Gasteiger partial charge in [-0.05, 0) is 29.6 Å². The fourth-order valence-electron chi connectivity index (χ4n) is 2.18. The van der Waals surface area contributed by atoms with E-state index in [0.29, 0.717) is 28.7 Å². The molecule has 2 aromatic rings. The topological polar surface area (TPSA) is 58.6 Å². The molecule has 1 heterocycles. The lowest BCUT2D eigenvalue weighted by Gasteiger charge is -2.19. The summed E-state index contributed by atoms with van der Waals surface area (Å²) in [6.07, 6.45) is 0.233. The summed E-state index contributed by atoms with van der Waals surface area (Å²) in [5.41, 5.74) is 0.837. The number of nitrogens with zero attached hydrogens (tertiary/aromatic N) is 1. The van der Waals surface area contributed by atoms with E-state index in [9.17, 15) is 9.59 Å². The number of carbonyl (C=O) groups excluding carboxylic acids is 2. The van der Waals surface area contributed by atoms with Gasteiger partial charge < -0.3 is 15.0 Å². The van der Waals surface area contributed by atoms with Crippen LogP contribution < -0.4 is 10.1 Å². The van der Waals surface area contributed by atoms with Crippen LogP contribution in [-0.2, 0) is 11.3 Å². The van der Waals surface area contributed by atoms with Gasteiger partial charge in [0, 0.05) is 37.1 Å². The van der Waals surface area contributed by atoms with E-state index < -0.39 is 0 Å². The molecule has 24 heavy (non-hydrogen) atoms. The molecule has 0 radical (unpaired) electrons. The SMILES string of the molecule is COc1ccc(Cl)cc1CN(C)C(=O)CCNC(=O)c1cccs1. The van der Waals surface area contributed by atoms with Crippen LogP contribution in [0.2, 0.25) is 5.02 Å². The molecule has 0 aliphatic carbocycles. The molecule has 0 saturated carbocycles. The molecule has 5 nitrogen and oxygen atoms in total. The van der Waals surface area contributed by atoms with Crippen molar-refractivity contribution in [3.05, 3.63) is 51.2 Å². The summed E-state index contributed by atoms with van der Waals surface area (Å²) >= 11 is 7.37. The van der Waals surface area contributed by atoms with Gasteiger partial charge in [-0.2, -0.15) is 0 Å². The van der Waals surface area contributed by atoms with Crippen molar-refractivity contribution in [3.63, 3.8) is 0 Å². The first-order valence-corrected chi connectivity index (χ1v) is 8.65. The molecule has 1 aromatic carbocycles. The molecule has 2 amide bonds. The predicted octanol–water partition coefficient (Wildman–Crippen LogP) is 3.19. The lowest BCUT2D eigenvalue weighted by Crippen LogP contribution is -2.31. The van der Waals surface area contributed by atoms with Crippen LogP contribution in [-0.4, -0.2) is 37.4 Å². The van der Waals surface area contributed by atoms with Gasteiger partial charge in [0.15, 0.2) is 0 Å².